The van der Waals surface area contributed by atoms with E-state index >= 15 is 0 Å². The molecular weight excluding hydrogens is 188 g/mol. The molecule has 0 spiro atoms. The lowest BCUT2D eigenvalue weighted by atomic mass is 9.75. The van der Waals surface area contributed by atoms with Gasteiger partial charge < -0.3 is 5.11 Å². The maximum absolute atomic E-state index is 10.3. The Hall–Kier alpha value is -0.830. The Kier molecular flexibility index (Phi) is 3.24. The number of nitrogens with zero attached hydrogens (tertiary/aromatic N) is 2. The van der Waals surface area contributed by atoms with Crippen LogP contribution in [0.5, 0.6) is 0 Å². The van der Waals surface area contributed by atoms with Gasteiger partial charge in [0.05, 0.1) is 5.60 Å². The number of aryl methyl sites for hydroxylation is 2. The van der Waals surface area contributed by atoms with E-state index in [2.05, 4.69) is 25.9 Å². The van der Waals surface area contributed by atoms with E-state index in [1.807, 2.05) is 24.7 Å². The summed E-state index contributed by atoms with van der Waals surface area (Å²) in [4.78, 5) is 0. The van der Waals surface area contributed by atoms with Gasteiger partial charge in [0.15, 0.2) is 0 Å². The highest BCUT2D eigenvalue weighted by atomic mass is 16.3. The molecule has 3 nitrogen and oxygen atoms in total. The van der Waals surface area contributed by atoms with Crippen LogP contribution in [0, 0.1) is 5.41 Å². The molecule has 0 radical (unpaired) electrons. The Morgan fingerprint density at radius 1 is 1.33 bits per heavy atom. The average Bonchev–Trinajstić information content (AvgIpc) is 2.46. The Balaban J connectivity index is 2.61. The standard InChI is InChI=1S/C12H22N2O/c1-11(2,3)12(4,15)8-6-10-7-9-13-14(10)5/h7,9,15H,6,8H2,1-5H3. The van der Waals surface area contributed by atoms with E-state index in [1.54, 1.807) is 6.20 Å². The Morgan fingerprint density at radius 3 is 2.33 bits per heavy atom. The van der Waals surface area contributed by atoms with Gasteiger partial charge >= 0.3 is 0 Å². The highest BCUT2D eigenvalue weighted by molar-refractivity contribution is 5.02. The monoisotopic (exact) mass is 210 g/mol. The smallest absolute Gasteiger partial charge is 0.0671 e. The number of hydrogen-bond donors (Lipinski definition) is 1. The Morgan fingerprint density at radius 2 is 1.93 bits per heavy atom. The molecule has 0 aromatic carbocycles. The second kappa shape index (κ2) is 3.97. The van der Waals surface area contributed by atoms with Crippen molar-refractivity contribution in [2.45, 2.75) is 46.1 Å². The van der Waals surface area contributed by atoms with Crippen molar-refractivity contribution < 1.29 is 5.11 Å². The quantitative estimate of drug-likeness (QED) is 0.830. The third kappa shape index (κ3) is 2.81. The van der Waals surface area contributed by atoms with E-state index in [0.29, 0.717) is 0 Å². The SMILES string of the molecule is Cn1nccc1CCC(C)(O)C(C)(C)C. The molecule has 0 fully saturated rings. The normalized spacial score (nSPS) is 16.4. The van der Waals surface area contributed by atoms with Gasteiger partial charge in [-0.25, -0.2) is 0 Å². The van der Waals surface area contributed by atoms with E-state index in [-0.39, 0.29) is 5.41 Å². The minimum atomic E-state index is -0.642. The maximum atomic E-state index is 10.3. The van der Waals surface area contributed by atoms with Gasteiger partial charge in [0, 0.05) is 18.9 Å². The molecule has 1 unspecified atom stereocenters. The van der Waals surface area contributed by atoms with Gasteiger partial charge in [0.25, 0.3) is 0 Å². The minimum Gasteiger partial charge on any atom is -0.390 e. The second-order valence-corrected chi connectivity index (χ2v) is 5.47. The van der Waals surface area contributed by atoms with Crippen molar-refractivity contribution in [2.75, 3.05) is 0 Å². The third-order valence-electron chi connectivity index (χ3n) is 3.41. The van der Waals surface area contributed by atoms with Gasteiger partial charge in [-0.05, 0) is 31.2 Å². The molecule has 1 atom stereocenters. The van der Waals surface area contributed by atoms with Crippen molar-refractivity contribution in [1.82, 2.24) is 9.78 Å². The lowest BCUT2D eigenvalue weighted by Gasteiger charge is -2.37. The van der Waals surface area contributed by atoms with Crippen molar-refractivity contribution >= 4 is 0 Å². The molecule has 0 bridgehead atoms. The fourth-order valence-electron chi connectivity index (χ4n) is 1.39. The first-order valence-electron chi connectivity index (χ1n) is 5.43. The zero-order valence-electron chi connectivity index (χ0n) is 10.4. The highest BCUT2D eigenvalue weighted by Gasteiger charge is 2.34. The van der Waals surface area contributed by atoms with Gasteiger partial charge in [-0.3, -0.25) is 4.68 Å². The maximum Gasteiger partial charge on any atom is 0.0671 e. The predicted octanol–water partition coefficient (Wildman–Crippen LogP) is 2.15. The van der Waals surface area contributed by atoms with Gasteiger partial charge in [0.2, 0.25) is 0 Å². The summed E-state index contributed by atoms with van der Waals surface area (Å²) in [6.45, 7) is 8.10. The van der Waals surface area contributed by atoms with E-state index in [1.165, 1.54) is 5.69 Å². The van der Waals surface area contributed by atoms with Crippen LogP contribution in [-0.2, 0) is 13.5 Å². The number of rotatable bonds is 3. The summed E-state index contributed by atoms with van der Waals surface area (Å²) < 4.78 is 1.86. The van der Waals surface area contributed by atoms with Crippen molar-refractivity contribution in [3.05, 3.63) is 18.0 Å². The topological polar surface area (TPSA) is 38.0 Å². The number of aromatic nitrogens is 2. The first kappa shape index (κ1) is 12.2. The zero-order chi connectivity index (χ0) is 11.7. The second-order valence-electron chi connectivity index (χ2n) is 5.47. The lowest BCUT2D eigenvalue weighted by Crippen LogP contribution is -2.40. The summed E-state index contributed by atoms with van der Waals surface area (Å²) in [5, 5.41) is 14.4. The van der Waals surface area contributed by atoms with Crippen LogP contribution in [0.25, 0.3) is 0 Å². The minimum absolute atomic E-state index is 0.0917. The summed E-state index contributed by atoms with van der Waals surface area (Å²) >= 11 is 0. The molecular formula is C12H22N2O. The van der Waals surface area contributed by atoms with Crippen LogP contribution in [0.3, 0.4) is 0 Å². The van der Waals surface area contributed by atoms with Gasteiger partial charge in [-0.2, -0.15) is 5.10 Å². The molecule has 0 aliphatic rings. The van der Waals surface area contributed by atoms with Crippen molar-refractivity contribution in [3.63, 3.8) is 0 Å². The summed E-state index contributed by atoms with van der Waals surface area (Å²) in [6, 6.07) is 2.00. The fraction of sp³-hybridized carbons (Fsp3) is 0.750. The molecule has 86 valence electrons. The first-order chi connectivity index (χ1) is 6.74. The zero-order valence-corrected chi connectivity index (χ0v) is 10.4. The van der Waals surface area contributed by atoms with Crippen molar-refractivity contribution in [3.8, 4) is 0 Å². The van der Waals surface area contributed by atoms with Crippen LogP contribution >= 0.6 is 0 Å². The van der Waals surface area contributed by atoms with Crippen LogP contribution < -0.4 is 0 Å². The largest absolute Gasteiger partial charge is 0.390 e. The van der Waals surface area contributed by atoms with Crippen molar-refractivity contribution in [1.29, 1.82) is 0 Å². The summed E-state index contributed by atoms with van der Waals surface area (Å²) in [6.07, 6.45) is 3.41. The van der Waals surface area contributed by atoms with Gasteiger partial charge in [-0.15, -0.1) is 0 Å². The molecule has 1 aromatic heterocycles. The highest BCUT2D eigenvalue weighted by Crippen LogP contribution is 2.33. The van der Waals surface area contributed by atoms with Gasteiger partial charge in [-0.1, -0.05) is 20.8 Å². The van der Waals surface area contributed by atoms with E-state index in [0.717, 1.165) is 12.8 Å². The molecule has 1 N–H and O–H groups in total. The molecule has 0 saturated heterocycles. The Labute approximate surface area is 92.1 Å². The van der Waals surface area contributed by atoms with E-state index in [4.69, 9.17) is 0 Å². The molecule has 0 saturated carbocycles. The third-order valence-corrected chi connectivity index (χ3v) is 3.41. The fourth-order valence-corrected chi connectivity index (χ4v) is 1.39. The summed E-state index contributed by atoms with van der Waals surface area (Å²) in [5.74, 6) is 0. The molecule has 0 aliphatic carbocycles. The molecule has 1 aromatic rings. The number of hydrogen-bond acceptors (Lipinski definition) is 2. The summed E-state index contributed by atoms with van der Waals surface area (Å²) in [5.41, 5.74) is 0.433. The van der Waals surface area contributed by atoms with Crippen LogP contribution in [-0.4, -0.2) is 20.5 Å². The van der Waals surface area contributed by atoms with Crippen LogP contribution in [0.4, 0.5) is 0 Å². The first-order valence-corrected chi connectivity index (χ1v) is 5.43. The van der Waals surface area contributed by atoms with Gasteiger partial charge in [0.1, 0.15) is 0 Å². The predicted molar refractivity (Wildman–Crippen MR) is 61.6 cm³/mol. The summed E-state index contributed by atoms with van der Waals surface area (Å²) in [7, 11) is 1.93. The van der Waals surface area contributed by atoms with Crippen molar-refractivity contribution in [2.24, 2.45) is 12.5 Å². The van der Waals surface area contributed by atoms with E-state index in [9.17, 15) is 5.11 Å². The molecule has 0 aliphatic heterocycles. The average molecular weight is 210 g/mol. The molecule has 0 amide bonds. The van der Waals surface area contributed by atoms with Crippen LogP contribution in [0.15, 0.2) is 12.3 Å². The van der Waals surface area contributed by atoms with Crippen LogP contribution in [0.2, 0.25) is 0 Å². The number of aliphatic hydroxyl groups is 1. The lowest BCUT2D eigenvalue weighted by molar-refractivity contribution is -0.0479. The molecule has 1 heterocycles. The molecule has 15 heavy (non-hydrogen) atoms. The van der Waals surface area contributed by atoms with E-state index < -0.39 is 5.60 Å². The van der Waals surface area contributed by atoms with Crippen LogP contribution in [0.1, 0.15) is 39.8 Å². The molecule has 1 rings (SSSR count). The Bertz CT molecular complexity index is 321. The molecule has 3 heteroatoms.